The van der Waals surface area contributed by atoms with Gasteiger partial charge in [0.25, 0.3) is 0 Å². The normalized spacial score (nSPS) is 12.1. The Bertz CT molecular complexity index is 527. The van der Waals surface area contributed by atoms with Gasteiger partial charge < -0.3 is 4.72 Å². The lowest BCUT2D eigenvalue weighted by Gasteiger charge is -2.05. The molecule has 0 spiro atoms. The molecule has 5 heteroatoms. The fourth-order valence-electron chi connectivity index (χ4n) is 1.24. The molecular formula is C12H9BrFNOS. The molecule has 0 bridgehead atoms. The van der Waals surface area contributed by atoms with Crippen LogP contribution in [0.3, 0.4) is 0 Å². The van der Waals surface area contributed by atoms with E-state index < -0.39 is 11.0 Å². The van der Waals surface area contributed by atoms with Gasteiger partial charge in [0, 0.05) is 10.2 Å². The molecule has 0 fully saturated rings. The molecule has 0 heterocycles. The van der Waals surface area contributed by atoms with Crippen molar-refractivity contribution in [3.8, 4) is 0 Å². The summed E-state index contributed by atoms with van der Waals surface area (Å²) in [7, 11) is -1.34. The van der Waals surface area contributed by atoms with Gasteiger partial charge in [-0.2, -0.15) is 0 Å². The minimum Gasteiger partial charge on any atom is -0.301 e. The van der Waals surface area contributed by atoms with Crippen LogP contribution in [0.1, 0.15) is 0 Å². The number of anilines is 1. The van der Waals surface area contributed by atoms with Crippen molar-refractivity contribution >= 4 is 32.6 Å². The molecule has 1 N–H and O–H groups in total. The monoisotopic (exact) mass is 313 g/mol. The van der Waals surface area contributed by atoms with Gasteiger partial charge in [-0.25, -0.2) is 8.60 Å². The third-order valence-corrected chi connectivity index (χ3v) is 3.73. The van der Waals surface area contributed by atoms with Crippen molar-refractivity contribution in [1.29, 1.82) is 0 Å². The van der Waals surface area contributed by atoms with Crippen LogP contribution in [0.2, 0.25) is 0 Å². The summed E-state index contributed by atoms with van der Waals surface area (Å²) in [5.41, 5.74) is 0.618. The van der Waals surface area contributed by atoms with E-state index >= 15 is 0 Å². The van der Waals surface area contributed by atoms with E-state index in [1.165, 1.54) is 12.1 Å². The minimum atomic E-state index is -1.34. The summed E-state index contributed by atoms with van der Waals surface area (Å²) >= 11 is 3.31. The van der Waals surface area contributed by atoms with E-state index in [0.717, 1.165) is 4.47 Å². The Morgan fingerprint density at radius 2 is 1.59 bits per heavy atom. The lowest BCUT2D eigenvalue weighted by molar-refractivity contribution is 0.628. The maximum atomic E-state index is 12.7. The molecule has 0 aliphatic rings. The summed E-state index contributed by atoms with van der Waals surface area (Å²) < 4.78 is 28.3. The molecule has 0 aromatic heterocycles. The molecule has 2 aromatic rings. The van der Waals surface area contributed by atoms with Gasteiger partial charge in [-0.15, -0.1) is 0 Å². The van der Waals surface area contributed by atoms with Gasteiger partial charge in [-0.3, -0.25) is 0 Å². The fourth-order valence-corrected chi connectivity index (χ4v) is 2.36. The molecule has 17 heavy (non-hydrogen) atoms. The van der Waals surface area contributed by atoms with Crippen LogP contribution in [0.5, 0.6) is 0 Å². The van der Waals surface area contributed by atoms with Crippen LogP contribution in [-0.2, 0) is 11.0 Å². The van der Waals surface area contributed by atoms with Gasteiger partial charge in [0.1, 0.15) is 16.8 Å². The quantitative estimate of drug-likeness (QED) is 0.919. The highest BCUT2D eigenvalue weighted by Crippen LogP contribution is 2.16. The Morgan fingerprint density at radius 3 is 2.18 bits per heavy atom. The van der Waals surface area contributed by atoms with Crippen LogP contribution >= 0.6 is 15.9 Å². The molecule has 0 aliphatic carbocycles. The van der Waals surface area contributed by atoms with Crippen molar-refractivity contribution in [3.63, 3.8) is 0 Å². The Morgan fingerprint density at radius 1 is 1.00 bits per heavy atom. The highest BCUT2D eigenvalue weighted by Gasteiger charge is 2.03. The second-order valence-corrected chi connectivity index (χ2v) is 5.46. The van der Waals surface area contributed by atoms with Crippen LogP contribution in [0.15, 0.2) is 57.9 Å². The van der Waals surface area contributed by atoms with E-state index in [9.17, 15) is 8.60 Å². The number of hydrogen-bond acceptors (Lipinski definition) is 1. The molecule has 0 radical (unpaired) electrons. The van der Waals surface area contributed by atoms with E-state index in [1.807, 2.05) is 12.1 Å². The van der Waals surface area contributed by atoms with Crippen molar-refractivity contribution in [1.82, 2.24) is 0 Å². The third kappa shape index (κ3) is 3.38. The number of halogens is 2. The van der Waals surface area contributed by atoms with Gasteiger partial charge in [0.2, 0.25) is 0 Å². The Balaban J connectivity index is 2.11. The van der Waals surface area contributed by atoms with Crippen molar-refractivity contribution in [3.05, 3.63) is 58.8 Å². The van der Waals surface area contributed by atoms with Gasteiger partial charge in [0.15, 0.2) is 0 Å². The standard InChI is InChI=1S/C12H9BrFNOS/c13-9-1-7-12(8-2-9)17(16)15-11-5-3-10(14)4-6-11/h1-8,15H. The van der Waals surface area contributed by atoms with Crippen molar-refractivity contribution in [2.24, 2.45) is 0 Å². The molecule has 0 saturated carbocycles. The van der Waals surface area contributed by atoms with Crippen LogP contribution in [0.4, 0.5) is 10.1 Å². The predicted molar refractivity (Wildman–Crippen MR) is 70.6 cm³/mol. The van der Waals surface area contributed by atoms with E-state index in [0.29, 0.717) is 10.6 Å². The van der Waals surface area contributed by atoms with Crippen molar-refractivity contribution in [2.45, 2.75) is 4.90 Å². The van der Waals surface area contributed by atoms with E-state index in [-0.39, 0.29) is 5.82 Å². The third-order valence-electron chi connectivity index (χ3n) is 2.08. The second-order valence-electron chi connectivity index (χ2n) is 3.33. The topological polar surface area (TPSA) is 29.1 Å². The van der Waals surface area contributed by atoms with Crippen LogP contribution < -0.4 is 4.72 Å². The summed E-state index contributed by atoms with van der Waals surface area (Å²) in [6.45, 7) is 0. The predicted octanol–water partition coefficient (Wildman–Crippen LogP) is 3.72. The minimum absolute atomic E-state index is 0.315. The maximum Gasteiger partial charge on any atom is 0.150 e. The maximum absolute atomic E-state index is 12.7. The average molecular weight is 314 g/mol. The van der Waals surface area contributed by atoms with E-state index in [4.69, 9.17) is 0 Å². The summed E-state index contributed by atoms with van der Waals surface area (Å²) in [5.74, 6) is -0.315. The largest absolute Gasteiger partial charge is 0.301 e. The molecule has 88 valence electrons. The first-order chi connectivity index (χ1) is 8.15. The molecular weight excluding hydrogens is 305 g/mol. The van der Waals surface area contributed by atoms with Gasteiger partial charge in [-0.1, -0.05) is 15.9 Å². The van der Waals surface area contributed by atoms with Gasteiger partial charge in [0.05, 0.1) is 4.90 Å². The summed E-state index contributed by atoms with van der Waals surface area (Å²) in [6, 6.07) is 12.9. The summed E-state index contributed by atoms with van der Waals surface area (Å²) in [5, 5.41) is 0. The Labute approximate surface area is 110 Å². The Hall–Kier alpha value is -1.20. The first-order valence-corrected chi connectivity index (χ1v) is 6.79. The molecule has 2 nitrogen and oxygen atoms in total. The van der Waals surface area contributed by atoms with Gasteiger partial charge in [-0.05, 0) is 48.5 Å². The van der Waals surface area contributed by atoms with Crippen LogP contribution in [0, 0.1) is 5.82 Å². The van der Waals surface area contributed by atoms with E-state index in [2.05, 4.69) is 20.7 Å². The molecule has 1 unspecified atom stereocenters. The number of nitrogens with one attached hydrogen (secondary N) is 1. The lowest BCUT2D eigenvalue weighted by Crippen LogP contribution is -2.04. The van der Waals surface area contributed by atoms with Gasteiger partial charge >= 0.3 is 0 Å². The number of rotatable bonds is 3. The molecule has 1 atom stereocenters. The molecule has 0 amide bonds. The summed E-state index contributed by atoms with van der Waals surface area (Å²) in [6.07, 6.45) is 0. The number of benzene rings is 2. The smallest absolute Gasteiger partial charge is 0.150 e. The lowest BCUT2D eigenvalue weighted by atomic mass is 10.3. The molecule has 0 aliphatic heterocycles. The summed E-state index contributed by atoms with van der Waals surface area (Å²) in [4.78, 5) is 0.664. The average Bonchev–Trinajstić information content (AvgIpc) is 2.33. The first kappa shape index (κ1) is 12.3. The highest BCUT2D eigenvalue weighted by molar-refractivity contribution is 9.10. The Kier molecular flexibility index (Phi) is 3.91. The molecule has 2 rings (SSSR count). The zero-order chi connectivity index (χ0) is 12.3. The zero-order valence-electron chi connectivity index (χ0n) is 8.69. The zero-order valence-corrected chi connectivity index (χ0v) is 11.1. The molecule has 2 aromatic carbocycles. The first-order valence-electron chi connectivity index (χ1n) is 4.85. The van der Waals surface area contributed by atoms with Crippen molar-refractivity contribution < 1.29 is 8.60 Å². The van der Waals surface area contributed by atoms with Crippen LogP contribution in [0.25, 0.3) is 0 Å². The van der Waals surface area contributed by atoms with Crippen LogP contribution in [-0.4, -0.2) is 4.21 Å². The van der Waals surface area contributed by atoms with Crippen molar-refractivity contribution in [2.75, 3.05) is 4.72 Å². The SMILES string of the molecule is O=S(Nc1ccc(F)cc1)c1ccc(Br)cc1. The van der Waals surface area contributed by atoms with E-state index in [1.54, 1.807) is 24.3 Å². The number of hydrogen-bond donors (Lipinski definition) is 1. The second kappa shape index (κ2) is 5.42. The fraction of sp³-hybridized carbons (Fsp3) is 0. The molecule has 0 saturated heterocycles. The highest BCUT2D eigenvalue weighted by atomic mass is 79.9.